The molecule has 240 valence electrons. The van der Waals surface area contributed by atoms with Gasteiger partial charge in [0, 0.05) is 35.0 Å². The van der Waals surface area contributed by atoms with Crippen molar-refractivity contribution in [3.8, 4) is 0 Å². The highest BCUT2D eigenvalue weighted by Crippen LogP contribution is 2.49. The second-order valence-electron chi connectivity index (χ2n) is 16.0. The summed E-state index contributed by atoms with van der Waals surface area (Å²) < 4.78 is 0. The number of hydrogen-bond acceptors (Lipinski definition) is 2. The first-order chi connectivity index (χ1) is 20.5. The van der Waals surface area contributed by atoms with Gasteiger partial charge in [0.2, 0.25) is 0 Å². The Morgan fingerprint density at radius 3 is 2.16 bits per heavy atom. The SMILES string of the molecule is CC.C\C=C/C=C\C(C)=C\N(C1=CC(C)(C)CC(C)(C)C1)c1cccc(N2c3ccccc3CC(C)(C)CC(C)(C)C2C)c1. The number of fused-ring (bicyclic) bond motifs is 1. The van der Waals surface area contributed by atoms with E-state index >= 15 is 0 Å². The molecule has 2 aromatic carbocycles. The summed E-state index contributed by atoms with van der Waals surface area (Å²) in [5.41, 5.74) is 8.64. The normalized spacial score (nSPS) is 22.4. The summed E-state index contributed by atoms with van der Waals surface area (Å²) in [6.45, 7) is 30.1. The lowest BCUT2D eigenvalue weighted by Crippen LogP contribution is -2.45. The van der Waals surface area contributed by atoms with E-state index in [-0.39, 0.29) is 21.7 Å². The number of benzene rings is 2. The minimum absolute atomic E-state index is 0.140. The second-order valence-corrected chi connectivity index (χ2v) is 16.0. The van der Waals surface area contributed by atoms with Gasteiger partial charge in [-0.25, -0.2) is 0 Å². The summed E-state index contributed by atoms with van der Waals surface area (Å²) in [7, 11) is 0. The van der Waals surface area contributed by atoms with Crippen molar-refractivity contribution < 1.29 is 0 Å². The molecule has 0 amide bonds. The average molecular weight is 595 g/mol. The molecule has 0 radical (unpaired) electrons. The molecule has 1 unspecified atom stereocenters. The number of allylic oxidation sites excluding steroid dienone is 7. The Hall–Kier alpha value is -3.00. The maximum absolute atomic E-state index is 2.62. The van der Waals surface area contributed by atoms with E-state index in [0.717, 1.165) is 12.8 Å². The van der Waals surface area contributed by atoms with Gasteiger partial charge in [-0.05, 0) is 104 Å². The molecule has 1 atom stereocenters. The van der Waals surface area contributed by atoms with Crippen LogP contribution in [0.4, 0.5) is 17.1 Å². The molecule has 0 saturated heterocycles. The summed E-state index contributed by atoms with van der Waals surface area (Å²) in [5.74, 6) is 0. The lowest BCUT2D eigenvalue weighted by molar-refractivity contribution is 0.161. The van der Waals surface area contributed by atoms with Crippen LogP contribution in [0.25, 0.3) is 0 Å². The van der Waals surface area contributed by atoms with Crippen LogP contribution in [0.1, 0.15) is 115 Å². The molecule has 0 aromatic heterocycles. The number of nitrogens with zero attached hydrogens (tertiary/aromatic N) is 2. The zero-order valence-electron chi connectivity index (χ0n) is 30.4. The molecule has 2 aliphatic rings. The van der Waals surface area contributed by atoms with Crippen molar-refractivity contribution in [3.05, 3.63) is 102 Å². The predicted molar refractivity (Wildman–Crippen MR) is 197 cm³/mol. The van der Waals surface area contributed by atoms with Crippen LogP contribution >= 0.6 is 0 Å². The van der Waals surface area contributed by atoms with E-state index in [0.29, 0.717) is 6.04 Å². The van der Waals surface area contributed by atoms with E-state index in [1.54, 1.807) is 0 Å². The second kappa shape index (κ2) is 14.0. The van der Waals surface area contributed by atoms with Crippen LogP contribution < -0.4 is 9.80 Å². The van der Waals surface area contributed by atoms with Crippen LogP contribution in [0.5, 0.6) is 0 Å². The fourth-order valence-electron chi connectivity index (χ4n) is 7.95. The first kappa shape index (κ1) is 35.5. The molecule has 1 aliphatic heterocycles. The van der Waals surface area contributed by atoms with E-state index in [4.69, 9.17) is 0 Å². The Morgan fingerprint density at radius 2 is 1.50 bits per heavy atom. The van der Waals surface area contributed by atoms with Gasteiger partial charge in [0.05, 0.1) is 0 Å². The molecule has 0 fully saturated rings. The number of hydrogen-bond donors (Lipinski definition) is 0. The highest BCUT2D eigenvalue weighted by atomic mass is 15.2. The van der Waals surface area contributed by atoms with Gasteiger partial charge in [0.25, 0.3) is 0 Å². The lowest BCUT2D eigenvalue weighted by Gasteiger charge is -2.48. The fourth-order valence-corrected chi connectivity index (χ4v) is 7.95. The number of rotatable bonds is 6. The Morgan fingerprint density at radius 1 is 0.841 bits per heavy atom. The van der Waals surface area contributed by atoms with Gasteiger partial charge in [-0.3, -0.25) is 0 Å². The summed E-state index contributed by atoms with van der Waals surface area (Å²) in [4.78, 5) is 5.09. The minimum Gasteiger partial charge on any atom is -0.338 e. The van der Waals surface area contributed by atoms with Crippen molar-refractivity contribution in [2.24, 2.45) is 21.7 Å². The largest absolute Gasteiger partial charge is 0.338 e. The van der Waals surface area contributed by atoms with E-state index in [1.807, 2.05) is 13.8 Å². The molecule has 2 heteroatoms. The Bertz CT molecular complexity index is 1380. The molecule has 1 aliphatic carbocycles. The lowest BCUT2D eigenvalue weighted by atomic mass is 9.67. The van der Waals surface area contributed by atoms with Gasteiger partial charge < -0.3 is 9.80 Å². The Labute approximate surface area is 271 Å². The quantitative estimate of drug-likeness (QED) is 0.307. The highest BCUT2D eigenvalue weighted by molar-refractivity contribution is 5.73. The summed E-state index contributed by atoms with van der Waals surface area (Å²) in [6.07, 6.45) is 17.9. The molecule has 2 aromatic rings. The molecule has 0 bridgehead atoms. The average Bonchev–Trinajstić information content (AvgIpc) is 2.91. The third kappa shape index (κ3) is 8.80. The van der Waals surface area contributed by atoms with Crippen LogP contribution in [-0.2, 0) is 6.42 Å². The molecular formula is C42H62N2. The maximum atomic E-state index is 2.62. The predicted octanol–water partition coefficient (Wildman–Crippen LogP) is 12.8. The van der Waals surface area contributed by atoms with Crippen molar-refractivity contribution >= 4 is 17.1 Å². The molecule has 4 rings (SSSR count). The minimum atomic E-state index is 0.140. The van der Waals surface area contributed by atoms with Gasteiger partial charge in [0.1, 0.15) is 0 Å². The van der Waals surface area contributed by atoms with Crippen LogP contribution in [0.3, 0.4) is 0 Å². The zero-order chi connectivity index (χ0) is 32.9. The molecule has 0 saturated carbocycles. The molecule has 44 heavy (non-hydrogen) atoms. The zero-order valence-corrected chi connectivity index (χ0v) is 30.4. The number of anilines is 3. The van der Waals surface area contributed by atoms with Gasteiger partial charge in [-0.1, -0.05) is 124 Å². The summed E-state index contributed by atoms with van der Waals surface area (Å²) in [6, 6.07) is 18.7. The Kier molecular flexibility index (Phi) is 11.3. The third-order valence-electron chi connectivity index (χ3n) is 9.21. The van der Waals surface area contributed by atoms with E-state index < -0.39 is 0 Å². The molecule has 0 spiro atoms. The van der Waals surface area contributed by atoms with Crippen molar-refractivity contribution in [3.63, 3.8) is 0 Å². The van der Waals surface area contributed by atoms with Crippen LogP contribution in [0.15, 0.2) is 96.4 Å². The van der Waals surface area contributed by atoms with E-state index in [9.17, 15) is 0 Å². The first-order valence-electron chi connectivity index (χ1n) is 17.0. The van der Waals surface area contributed by atoms with Gasteiger partial charge in [0.15, 0.2) is 0 Å². The highest BCUT2D eigenvalue weighted by Gasteiger charge is 2.40. The molecule has 2 nitrogen and oxygen atoms in total. The third-order valence-corrected chi connectivity index (χ3v) is 9.21. The summed E-state index contributed by atoms with van der Waals surface area (Å²) in [5, 5.41) is 0. The van der Waals surface area contributed by atoms with Crippen molar-refractivity contribution in [2.45, 2.75) is 122 Å². The van der Waals surface area contributed by atoms with Crippen molar-refractivity contribution in [2.75, 3.05) is 9.80 Å². The van der Waals surface area contributed by atoms with Crippen molar-refractivity contribution in [1.82, 2.24) is 0 Å². The van der Waals surface area contributed by atoms with E-state index in [2.05, 4.69) is 171 Å². The van der Waals surface area contributed by atoms with E-state index in [1.165, 1.54) is 46.7 Å². The van der Waals surface area contributed by atoms with Gasteiger partial charge >= 0.3 is 0 Å². The number of para-hydroxylation sites is 1. The van der Waals surface area contributed by atoms with Crippen molar-refractivity contribution in [1.29, 1.82) is 0 Å². The molecule has 1 heterocycles. The maximum Gasteiger partial charge on any atom is 0.0472 e. The Balaban J connectivity index is 0.00000259. The fraction of sp³-hybridized carbons (Fsp3) is 0.524. The van der Waals surface area contributed by atoms with Gasteiger partial charge in [-0.15, -0.1) is 0 Å². The molecule has 0 N–H and O–H groups in total. The van der Waals surface area contributed by atoms with Crippen LogP contribution in [0, 0.1) is 21.7 Å². The van der Waals surface area contributed by atoms with Crippen LogP contribution in [0.2, 0.25) is 0 Å². The van der Waals surface area contributed by atoms with Gasteiger partial charge in [-0.2, -0.15) is 0 Å². The summed E-state index contributed by atoms with van der Waals surface area (Å²) >= 11 is 0. The first-order valence-corrected chi connectivity index (χ1v) is 17.0. The standard InChI is InChI=1S/C40H56N2.C2H6/c1-12-13-14-18-30(2)27-41(35-25-38(6,7)28-39(8,9)26-35)33-20-17-21-34(23-33)42-31(3)40(10,11)29-37(4,5)24-32-19-15-16-22-36(32)42;1-2/h12-23,25,27,31H,24,26,28-29H2,1-11H3;1-2H3/b13-12-,18-14-,30-27+;. The molecular weight excluding hydrogens is 532 g/mol. The smallest absolute Gasteiger partial charge is 0.0472 e. The van der Waals surface area contributed by atoms with Crippen LogP contribution in [-0.4, -0.2) is 6.04 Å². The topological polar surface area (TPSA) is 6.48 Å². The monoisotopic (exact) mass is 594 g/mol.